The Morgan fingerprint density at radius 1 is 0.700 bits per heavy atom. The van der Waals surface area contributed by atoms with E-state index in [0.717, 1.165) is 60.1 Å². The van der Waals surface area contributed by atoms with Crippen molar-refractivity contribution in [2.45, 2.75) is 169 Å². The second-order valence-electron chi connectivity index (χ2n) is 27.5. The number of nitrogens with one attached hydrogen (secondary N) is 2. The van der Waals surface area contributed by atoms with Crippen molar-refractivity contribution in [3.8, 4) is 29.4 Å². The summed E-state index contributed by atoms with van der Waals surface area (Å²) < 4.78 is 36.8. The summed E-state index contributed by atoms with van der Waals surface area (Å²) >= 11 is 13.1. The van der Waals surface area contributed by atoms with Crippen LogP contribution in [0.2, 0.25) is 6.80 Å². The number of carbonyl (C=O) groups excluding carboxylic acids is 7. The molecular weight excluding hydrogens is 1670 g/mol. The SMILES string of the molecule is C.CC1(C)OB(c2ccc(COc3ccc4nc(C#N)sc4c3)cc2)OC1(C)C.CCC(C)C(CC(=O)OCc1ccccc1)C(=O)NC(CCC(=O)OC)C(=O)CC(C(=O)NC(CC(C)=O)C(=O)C[C@H](CS)C(=O)O)C(C)O.N#Cc1nc2ccc(O)cc2s1.N[C@H](CS)C(=O)O.O=C(O)[C@H]1CSC(c2nc3ccc(O)cc3s2)=N1.OO.[3H]C[B]. The normalized spacial score (nSPS) is 15.3. The van der Waals surface area contributed by atoms with Crippen LogP contribution in [-0.4, -0.2) is 201 Å². The van der Waals surface area contributed by atoms with Crippen LogP contribution in [0.5, 0.6) is 17.2 Å². The third-order valence-corrected chi connectivity index (χ3v) is 23.1. The van der Waals surface area contributed by atoms with Gasteiger partial charge in [-0.3, -0.25) is 58.7 Å². The standard InChI is InChI=1S/C35H50N2O12S.C21H21BN2O3S.C11H8N2O3S2.C8H4N2OS.C3H7NO2S.CH3B.CH4.H2O2/c1-6-20(2)25(17-32(43)49-18-23-10-8-7-9-11-23)33(44)36-27(12-13-31(42)48-5)30(41)16-26(22(4)39)34(45)37-28(14-21(3)38)29(40)15-24(19-50)35(46)47;1-20(2)21(3,4)27-22(26-20)15-7-5-14(6-8-15)13-25-16-9-10-17-18(11-16)28-19(12-23)24-17;14-5-1-2-6-8(3-5)18-10(12-6)9-13-7(4-17-9)11(15)16;9-4-8-10-6-2-1-5(11)3-7(6)12-8;4-2(1-7)3(5)6;1-2;;1-2/h7-11,20,22,24-28,39,50H,6,12-19H2,1-5H3,(H,36,44)(H,37,45)(H,46,47);5-11H,13H2,1-4H3;1-3,7,14H,4H2,(H,15,16);1-3,11H;2,7H,1,4H2,(H,5,6);1H3;1H4;1-2H/t20?,22?,24-,25?,26?,27?,28?;;7-;;2-;;;/m1.1.1.../s1/i;;;;;1T;;. The van der Waals surface area contributed by atoms with Crippen molar-refractivity contribution >= 4 is 186 Å². The number of benzene rings is 5. The van der Waals surface area contributed by atoms with Gasteiger partial charge in [0.1, 0.15) is 64.5 Å². The van der Waals surface area contributed by atoms with Gasteiger partial charge in [0.25, 0.3) is 0 Å². The van der Waals surface area contributed by atoms with Crippen LogP contribution in [0, 0.1) is 46.3 Å². The monoisotopic (exact) mass is 1770 g/mol. The second kappa shape index (κ2) is 51.6. The molecule has 32 nitrogen and oxygen atoms in total. The number of thiol groups is 2. The molecule has 0 spiro atoms. The van der Waals surface area contributed by atoms with E-state index in [1.54, 1.807) is 67.6 Å². The molecule has 1 saturated heterocycles. The number of carboxylic acids is 3. The molecule has 1 fully saturated rings. The molecule has 5 heterocycles. The van der Waals surface area contributed by atoms with Gasteiger partial charge in [0, 0.05) is 44.3 Å². The fourth-order valence-electron chi connectivity index (χ4n) is 10.7. The highest BCUT2D eigenvalue weighted by Crippen LogP contribution is 2.37. The Morgan fingerprint density at radius 3 is 1.70 bits per heavy atom. The first-order valence-corrected chi connectivity index (χ1v) is 41.2. The smallest absolute Gasteiger partial charge is 0.494 e. The Hall–Kier alpha value is -9.94. The van der Waals surface area contributed by atoms with Gasteiger partial charge in [0.15, 0.2) is 27.6 Å². The number of nitrogens with zero attached hydrogens (tertiary/aromatic N) is 6. The predicted octanol–water partition coefficient (Wildman–Crippen LogP) is 10.3. The van der Waals surface area contributed by atoms with Gasteiger partial charge >= 0.3 is 37.0 Å². The molecule has 9 atom stereocenters. The largest absolute Gasteiger partial charge is 0.508 e. The minimum Gasteiger partial charge on any atom is -0.508 e. The van der Waals surface area contributed by atoms with Crippen molar-refractivity contribution in [1.82, 2.24) is 25.6 Å². The summed E-state index contributed by atoms with van der Waals surface area (Å²) in [6.45, 7) is 14.7. The number of thiazole rings is 3. The number of aromatic nitrogens is 3. The van der Waals surface area contributed by atoms with Crippen LogP contribution in [0.25, 0.3) is 30.6 Å². The predicted molar refractivity (Wildman–Crippen MR) is 465 cm³/mol. The van der Waals surface area contributed by atoms with E-state index in [0.29, 0.717) is 38.8 Å². The van der Waals surface area contributed by atoms with Crippen molar-refractivity contribution in [3.05, 3.63) is 135 Å². The summed E-state index contributed by atoms with van der Waals surface area (Å²) in [5.41, 5.74) is 9.43. The van der Waals surface area contributed by atoms with Gasteiger partial charge in [-0.2, -0.15) is 35.8 Å². The number of ether oxygens (including phenoxy) is 3. The Balaban J connectivity index is 0.000000439. The van der Waals surface area contributed by atoms with Crippen molar-refractivity contribution in [1.29, 1.82) is 10.5 Å². The number of aromatic hydroxyl groups is 2. The molecule has 0 saturated carbocycles. The number of amides is 2. The number of carbonyl (C=O) groups is 10. The number of hydrogen-bond acceptors (Lipinski definition) is 33. The number of aliphatic imine (C=N–C) groups is 1. The van der Waals surface area contributed by atoms with Crippen LogP contribution < -0.4 is 26.6 Å². The Morgan fingerprint density at radius 2 is 1.22 bits per heavy atom. The first-order valence-electron chi connectivity index (χ1n) is 37.2. The number of methoxy groups -OCH3 is 1. The van der Waals surface area contributed by atoms with Crippen molar-refractivity contribution in [2.24, 2.45) is 34.4 Å². The molecule has 5 aromatic carbocycles. The number of phenols is 2. The number of Topliss-reactive ketones (excluding diaryl/α,β-unsaturated/α-hetero) is 3. The van der Waals surface area contributed by atoms with E-state index in [4.69, 9.17) is 62.2 Å². The number of aliphatic carboxylic acids is 3. The Labute approximate surface area is 724 Å². The number of ketones is 3. The van der Waals surface area contributed by atoms with Gasteiger partial charge in [-0.1, -0.05) is 89.1 Å². The number of esters is 2. The molecule has 12 N–H and O–H groups in total. The van der Waals surface area contributed by atoms with Crippen LogP contribution in [0.3, 0.4) is 0 Å². The minimum absolute atomic E-state index is 0. The molecule has 644 valence electrons. The molecule has 8 aromatic rings. The minimum atomic E-state index is -1.46. The van der Waals surface area contributed by atoms with Crippen LogP contribution >= 0.6 is 71.0 Å². The molecule has 3 aromatic heterocycles. The van der Waals surface area contributed by atoms with Crippen molar-refractivity contribution in [2.75, 3.05) is 24.4 Å². The van der Waals surface area contributed by atoms with E-state index in [1.807, 2.05) is 61.5 Å². The lowest BCUT2D eigenvalue weighted by atomic mass is 9.79. The topological polar surface area (TPSA) is 527 Å². The lowest BCUT2D eigenvalue weighted by Gasteiger charge is -2.32. The highest BCUT2D eigenvalue weighted by atomic mass is 32.2. The molecule has 2 aliphatic rings. The summed E-state index contributed by atoms with van der Waals surface area (Å²) in [5, 5.41) is 92.0. The first kappa shape index (κ1) is 102. The number of nitrogens with two attached hydrogens (primary N) is 1. The summed E-state index contributed by atoms with van der Waals surface area (Å²) in [4.78, 5) is 139. The molecule has 10 rings (SSSR count). The number of hydrogen-bond donors (Lipinski definition) is 13. The van der Waals surface area contributed by atoms with Gasteiger partial charge in [-0.25, -0.2) is 19.7 Å². The Kier molecular flexibility index (Phi) is 44.1. The number of carboxylic acid groups (broad SMARTS) is 3. The number of aliphatic hydroxyl groups is 1. The van der Waals surface area contributed by atoms with E-state index in [9.17, 15) is 63.3 Å². The highest BCUT2D eigenvalue weighted by molar-refractivity contribution is 8.15. The maximum absolute atomic E-state index is 13.7. The zero-order chi connectivity index (χ0) is 89.7. The summed E-state index contributed by atoms with van der Waals surface area (Å²) in [5.74, 6) is -10.3. The number of phenolic OH excluding ortho intramolecular Hbond substituents is 2. The Bertz CT molecular complexity index is 4880. The molecule has 40 heteroatoms. The van der Waals surface area contributed by atoms with E-state index >= 15 is 0 Å². The lowest BCUT2D eigenvalue weighted by molar-refractivity contribution is -0.176. The maximum Gasteiger partial charge on any atom is 0.494 e. The van der Waals surface area contributed by atoms with Gasteiger partial charge in [0.05, 0.1) is 99.2 Å². The third kappa shape index (κ3) is 32.9. The molecular formula is C80H99B2N9O23S6. The zero-order valence-corrected chi connectivity index (χ0v) is 71.5. The summed E-state index contributed by atoms with van der Waals surface area (Å²) in [7, 11) is 5.31. The quantitative estimate of drug-likeness (QED) is 0.00612. The first-order chi connectivity index (χ1) is 56.8. The fourth-order valence-corrected chi connectivity index (χ4v) is 14.8. The molecule has 2 amide bonds. The van der Waals surface area contributed by atoms with Gasteiger partial charge in [-0.15, -0.1) is 45.8 Å². The number of rotatable bonds is 32. The average Bonchev–Trinajstić information content (AvgIpc) is 1.62. The maximum atomic E-state index is 13.7. The fraction of sp³-hybridized carbons (Fsp3) is 0.425. The van der Waals surface area contributed by atoms with Crippen LogP contribution in [0.4, 0.5) is 0 Å². The van der Waals surface area contributed by atoms with Crippen LogP contribution in [0.15, 0.2) is 114 Å². The summed E-state index contributed by atoms with van der Waals surface area (Å²) in [6.07, 6.45) is -3.33. The van der Waals surface area contributed by atoms with Crippen molar-refractivity contribution in [3.63, 3.8) is 0 Å². The molecule has 0 aliphatic carbocycles. The number of fused-ring (bicyclic) bond motifs is 3. The van der Waals surface area contributed by atoms with E-state index in [2.05, 4.69) is 102 Å². The second-order valence-corrected chi connectivity index (χ2v) is 32.3. The van der Waals surface area contributed by atoms with Gasteiger partial charge in [-0.05, 0) is 125 Å². The molecule has 6 unspecified atom stereocenters. The molecule has 0 bridgehead atoms. The molecule has 120 heavy (non-hydrogen) atoms. The van der Waals surface area contributed by atoms with E-state index in [1.165, 1.54) is 59.6 Å². The molecule has 2 radical (unpaired) electrons. The lowest BCUT2D eigenvalue weighted by Crippen LogP contribution is -2.50. The third-order valence-electron chi connectivity index (χ3n) is 18.3. The van der Waals surface area contributed by atoms with Gasteiger partial charge in [0.2, 0.25) is 11.8 Å². The average molecular weight is 1770 g/mol. The van der Waals surface area contributed by atoms with E-state index < -0.39 is 126 Å². The van der Waals surface area contributed by atoms with Crippen molar-refractivity contribution < 1.29 is 114 Å². The zero-order valence-electron chi connectivity index (χ0n) is 67.4. The number of nitriles is 2. The number of aliphatic hydroxyl groups excluding tert-OH is 1. The van der Waals surface area contributed by atoms with Crippen LogP contribution in [0.1, 0.15) is 135 Å². The van der Waals surface area contributed by atoms with Crippen LogP contribution in [-0.2, 0) is 79.9 Å². The number of thioether (sulfide) groups is 1. The van der Waals surface area contributed by atoms with Gasteiger partial charge < -0.3 is 70.5 Å². The van der Waals surface area contributed by atoms with E-state index in [-0.39, 0.29) is 87.3 Å². The summed E-state index contributed by atoms with van der Waals surface area (Å²) in [6, 6.07) is 32.4. The highest BCUT2D eigenvalue weighted by Gasteiger charge is 2.52. The molecule has 2 aliphatic heterocycles.